The Kier molecular flexibility index (Phi) is 5.06. The zero-order valence-electron chi connectivity index (χ0n) is 16.1. The molecule has 0 bridgehead atoms. The number of thiophene rings is 1. The van der Waals surface area contributed by atoms with Crippen molar-refractivity contribution in [3.05, 3.63) is 64.0 Å². The van der Waals surface area contributed by atoms with Crippen LogP contribution in [0.3, 0.4) is 0 Å². The summed E-state index contributed by atoms with van der Waals surface area (Å²) in [5, 5.41) is 2.76. The van der Waals surface area contributed by atoms with Crippen LogP contribution >= 0.6 is 22.9 Å². The molecule has 3 aromatic rings. The normalized spacial score (nSPS) is 15.8. The van der Waals surface area contributed by atoms with Gasteiger partial charge in [0.15, 0.2) is 0 Å². The van der Waals surface area contributed by atoms with E-state index in [0.29, 0.717) is 10.6 Å². The Morgan fingerprint density at radius 1 is 1.00 bits per heavy atom. The predicted molar refractivity (Wildman–Crippen MR) is 119 cm³/mol. The summed E-state index contributed by atoms with van der Waals surface area (Å²) in [6, 6.07) is 14.3. The highest BCUT2D eigenvalue weighted by molar-refractivity contribution is 7.14. The van der Waals surface area contributed by atoms with Crippen LogP contribution in [-0.4, -0.2) is 30.5 Å². The molecular formula is C24H22ClNO2S. The van der Waals surface area contributed by atoms with Crippen LogP contribution in [0.4, 0.5) is 0 Å². The van der Waals surface area contributed by atoms with Crippen molar-refractivity contribution in [3.63, 3.8) is 0 Å². The number of piperidine rings is 1. The lowest BCUT2D eigenvalue weighted by Crippen LogP contribution is -2.35. The summed E-state index contributed by atoms with van der Waals surface area (Å²) in [5.74, 6) is 1.09. The Labute approximate surface area is 179 Å². The largest absolute Gasteiger partial charge is 0.493 e. The molecule has 1 aromatic heterocycles. The number of carbonyl (C=O) groups is 1. The average molecular weight is 424 g/mol. The van der Waals surface area contributed by atoms with Gasteiger partial charge in [0.2, 0.25) is 0 Å². The van der Waals surface area contributed by atoms with E-state index in [0.717, 1.165) is 55.8 Å². The highest BCUT2D eigenvalue weighted by Crippen LogP contribution is 2.38. The van der Waals surface area contributed by atoms with Gasteiger partial charge in [0.1, 0.15) is 5.75 Å². The van der Waals surface area contributed by atoms with E-state index in [2.05, 4.69) is 29.6 Å². The van der Waals surface area contributed by atoms with E-state index in [-0.39, 0.29) is 5.91 Å². The smallest absolute Gasteiger partial charge is 0.253 e. The first kappa shape index (κ1) is 18.7. The maximum absolute atomic E-state index is 12.7. The fourth-order valence-corrected chi connectivity index (χ4v) is 5.33. The Hall–Kier alpha value is -2.30. The average Bonchev–Trinajstić information content (AvgIpc) is 3.43. The summed E-state index contributed by atoms with van der Waals surface area (Å²) < 4.78 is 5.61. The van der Waals surface area contributed by atoms with E-state index >= 15 is 0 Å². The number of nitrogens with zero attached hydrogens (tertiary/aromatic N) is 1. The van der Waals surface area contributed by atoms with E-state index in [4.69, 9.17) is 16.3 Å². The molecule has 0 saturated carbocycles. The highest BCUT2D eigenvalue weighted by Gasteiger charge is 2.20. The van der Waals surface area contributed by atoms with Crippen molar-refractivity contribution in [2.75, 3.05) is 19.7 Å². The lowest BCUT2D eigenvalue weighted by Gasteiger charge is -2.26. The van der Waals surface area contributed by atoms with Gasteiger partial charge in [-0.3, -0.25) is 4.79 Å². The number of hydrogen-bond acceptors (Lipinski definition) is 3. The summed E-state index contributed by atoms with van der Waals surface area (Å²) >= 11 is 8.31. The molecule has 5 heteroatoms. The summed E-state index contributed by atoms with van der Waals surface area (Å²) in [5.41, 5.74) is 5.21. The Balaban J connectivity index is 1.39. The first-order valence-corrected chi connectivity index (χ1v) is 11.4. The summed E-state index contributed by atoms with van der Waals surface area (Å²) in [4.78, 5) is 15.9. The Morgan fingerprint density at radius 3 is 2.69 bits per heavy atom. The summed E-state index contributed by atoms with van der Waals surface area (Å²) in [6.45, 7) is 2.46. The first-order valence-electron chi connectivity index (χ1n) is 10.1. The molecule has 0 atom stereocenters. The molecule has 0 radical (unpaired) electrons. The molecule has 2 aliphatic heterocycles. The van der Waals surface area contributed by atoms with Crippen LogP contribution in [0.15, 0.2) is 47.8 Å². The second-order valence-electron chi connectivity index (χ2n) is 7.67. The molecule has 0 N–H and O–H groups in total. The maximum atomic E-state index is 12.7. The predicted octanol–water partition coefficient (Wildman–Crippen LogP) is 6.30. The molecule has 29 heavy (non-hydrogen) atoms. The van der Waals surface area contributed by atoms with E-state index in [1.807, 2.05) is 23.1 Å². The number of benzene rings is 2. The van der Waals surface area contributed by atoms with Gasteiger partial charge in [-0.2, -0.15) is 0 Å². The van der Waals surface area contributed by atoms with Crippen molar-refractivity contribution in [1.82, 2.24) is 4.90 Å². The van der Waals surface area contributed by atoms with Gasteiger partial charge in [0.05, 0.1) is 6.61 Å². The summed E-state index contributed by atoms with van der Waals surface area (Å²) in [7, 11) is 0. The number of carbonyl (C=O) groups excluding carboxylic acids is 1. The second-order valence-corrected chi connectivity index (χ2v) is 8.99. The van der Waals surface area contributed by atoms with Crippen molar-refractivity contribution in [2.24, 2.45) is 0 Å². The monoisotopic (exact) mass is 423 g/mol. The van der Waals surface area contributed by atoms with Crippen LogP contribution in [0.2, 0.25) is 5.02 Å². The third kappa shape index (κ3) is 3.67. The fourth-order valence-electron chi connectivity index (χ4n) is 4.13. The molecule has 0 spiro atoms. The number of amides is 1. The second kappa shape index (κ2) is 7.85. The van der Waals surface area contributed by atoms with Crippen LogP contribution < -0.4 is 4.74 Å². The summed E-state index contributed by atoms with van der Waals surface area (Å²) in [6.07, 6.45) is 4.36. The molecule has 3 nitrogen and oxygen atoms in total. The third-order valence-corrected chi connectivity index (χ3v) is 7.04. The Morgan fingerprint density at radius 2 is 1.86 bits per heavy atom. The zero-order chi connectivity index (χ0) is 19.8. The molecule has 3 heterocycles. The standard InChI is InChI=1S/C24H22ClNO2S/c25-21-13-18(24(27)26-9-2-1-3-10-26)4-6-20(21)19-14-23(29-15-19)17-5-7-22-16(12-17)8-11-28-22/h4-7,12-15H,1-3,8-11H2. The van der Waals surface area contributed by atoms with Gasteiger partial charge >= 0.3 is 0 Å². The highest BCUT2D eigenvalue weighted by atomic mass is 35.5. The van der Waals surface area contributed by atoms with Gasteiger partial charge in [-0.25, -0.2) is 0 Å². The number of hydrogen-bond donors (Lipinski definition) is 0. The van der Waals surface area contributed by atoms with Crippen LogP contribution in [0.25, 0.3) is 21.6 Å². The number of likely N-dealkylation sites (tertiary alicyclic amines) is 1. The van der Waals surface area contributed by atoms with Gasteiger partial charge in [-0.05, 0) is 77.7 Å². The number of fused-ring (bicyclic) bond motifs is 1. The van der Waals surface area contributed by atoms with Crippen LogP contribution in [0.1, 0.15) is 35.2 Å². The fraction of sp³-hybridized carbons (Fsp3) is 0.292. The molecule has 5 rings (SSSR count). The van der Waals surface area contributed by atoms with Crippen LogP contribution in [-0.2, 0) is 6.42 Å². The minimum absolute atomic E-state index is 0.0875. The zero-order valence-corrected chi connectivity index (χ0v) is 17.7. The van der Waals surface area contributed by atoms with E-state index in [1.165, 1.54) is 22.4 Å². The first-order chi connectivity index (χ1) is 14.2. The minimum atomic E-state index is 0.0875. The lowest BCUT2D eigenvalue weighted by atomic mass is 10.0. The SMILES string of the molecule is O=C(c1ccc(-c2csc(-c3ccc4c(c3)CCO4)c2)c(Cl)c1)N1CCCCC1. The van der Waals surface area contributed by atoms with Crippen molar-refractivity contribution < 1.29 is 9.53 Å². The molecule has 0 unspecified atom stereocenters. The number of ether oxygens (including phenoxy) is 1. The molecule has 2 aromatic carbocycles. The van der Waals surface area contributed by atoms with Gasteiger partial charge < -0.3 is 9.64 Å². The lowest BCUT2D eigenvalue weighted by molar-refractivity contribution is 0.0724. The van der Waals surface area contributed by atoms with E-state index < -0.39 is 0 Å². The quantitative estimate of drug-likeness (QED) is 0.495. The third-order valence-electron chi connectivity index (χ3n) is 5.74. The van der Waals surface area contributed by atoms with Crippen molar-refractivity contribution >= 4 is 28.8 Å². The topological polar surface area (TPSA) is 29.5 Å². The van der Waals surface area contributed by atoms with Crippen molar-refractivity contribution in [2.45, 2.75) is 25.7 Å². The molecule has 148 valence electrons. The molecular weight excluding hydrogens is 402 g/mol. The molecule has 0 aliphatic carbocycles. The van der Waals surface area contributed by atoms with Crippen molar-refractivity contribution in [3.8, 4) is 27.3 Å². The van der Waals surface area contributed by atoms with Gasteiger partial charge in [-0.15, -0.1) is 11.3 Å². The van der Waals surface area contributed by atoms with Crippen molar-refractivity contribution in [1.29, 1.82) is 0 Å². The van der Waals surface area contributed by atoms with Crippen LogP contribution in [0.5, 0.6) is 5.75 Å². The molecule has 1 saturated heterocycles. The minimum Gasteiger partial charge on any atom is -0.493 e. The van der Waals surface area contributed by atoms with E-state index in [9.17, 15) is 4.79 Å². The van der Waals surface area contributed by atoms with E-state index in [1.54, 1.807) is 11.3 Å². The number of rotatable bonds is 3. The van der Waals surface area contributed by atoms with Gasteiger partial charge in [0, 0.05) is 40.5 Å². The maximum Gasteiger partial charge on any atom is 0.253 e. The van der Waals surface area contributed by atoms with Gasteiger partial charge in [0.25, 0.3) is 5.91 Å². The number of halogens is 1. The molecule has 1 fully saturated rings. The van der Waals surface area contributed by atoms with Crippen LogP contribution in [0, 0.1) is 0 Å². The molecule has 1 amide bonds. The molecule has 2 aliphatic rings. The van der Waals surface area contributed by atoms with Gasteiger partial charge in [-0.1, -0.05) is 17.7 Å². The Bertz CT molecular complexity index is 1070.